The van der Waals surface area contributed by atoms with Crippen LogP contribution in [0.4, 0.5) is 5.82 Å². The molecular weight excluding hydrogens is 250 g/mol. The van der Waals surface area contributed by atoms with Gasteiger partial charge in [0.25, 0.3) is 0 Å². The number of ether oxygens (including phenoxy) is 1. The summed E-state index contributed by atoms with van der Waals surface area (Å²) in [6.45, 7) is 8.27. The summed E-state index contributed by atoms with van der Waals surface area (Å²) in [6, 6.07) is 6.41. The van der Waals surface area contributed by atoms with E-state index in [1.54, 1.807) is 0 Å². The summed E-state index contributed by atoms with van der Waals surface area (Å²) in [6.07, 6.45) is 3.82. The second kappa shape index (κ2) is 6.44. The van der Waals surface area contributed by atoms with E-state index < -0.39 is 0 Å². The zero-order chi connectivity index (χ0) is 14.6. The Morgan fingerprint density at radius 2 is 2.15 bits per heavy atom. The molecule has 1 unspecified atom stereocenters. The number of hydrogen-bond donors (Lipinski definition) is 1. The molecule has 0 bridgehead atoms. The lowest BCUT2D eigenvalue weighted by atomic mass is 10.0. The number of anilines is 1. The van der Waals surface area contributed by atoms with Crippen LogP contribution in [0.2, 0.25) is 0 Å². The Labute approximate surface area is 122 Å². The average molecular weight is 277 g/mol. The van der Waals surface area contributed by atoms with Gasteiger partial charge in [-0.3, -0.25) is 0 Å². The van der Waals surface area contributed by atoms with Crippen LogP contribution in [0, 0.1) is 0 Å². The molecule has 4 nitrogen and oxygen atoms in total. The molecule has 1 saturated heterocycles. The maximum atomic E-state index is 5.88. The highest BCUT2D eigenvalue weighted by Crippen LogP contribution is 2.18. The molecular formula is C16H27N3O. The zero-order valence-corrected chi connectivity index (χ0v) is 13.1. The molecule has 2 rings (SSSR count). The van der Waals surface area contributed by atoms with Crippen molar-refractivity contribution < 1.29 is 4.74 Å². The van der Waals surface area contributed by atoms with Gasteiger partial charge in [-0.1, -0.05) is 12.5 Å². The molecule has 0 aliphatic carbocycles. The molecule has 0 spiro atoms. The van der Waals surface area contributed by atoms with Crippen molar-refractivity contribution in [1.82, 2.24) is 9.88 Å². The van der Waals surface area contributed by atoms with Crippen molar-refractivity contribution in [3.63, 3.8) is 0 Å². The molecule has 1 fully saturated rings. The molecule has 0 radical (unpaired) electrons. The Kier molecular flexibility index (Phi) is 4.86. The Bertz CT molecular complexity index is 428. The van der Waals surface area contributed by atoms with Crippen molar-refractivity contribution in [3.05, 3.63) is 18.2 Å². The molecule has 2 heterocycles. The molecule has 1 atom stereocenters. The molecule has 4 heteroatoms. The van der Waals surface area contributed by atoms with Crippen LogP contribution in [0.1, 0.15) is 40.0 Å². The van der Waals surface area contributed by atoms with Crippen LogP contribution >= 0.6 is 0 Å². The molecule has 1 aliphatic rings. The number of likely N-dealkylation sites (tertiary alicyclic amines) is 1. The normalized spacial score (nSPS) is 20.7. The topological polar surface area (TPSA) is 37.4 Å². The average Bonchev–Trinajstić information content (AvgIpc) is 2.36. The van der Waals surface area contributed by atoms with Gasteiger partial charge in [-0.15, -0.1) is 0 Å². The lowest BCUT2D eigenvalue weighted by Gasteiger charge is -2.32. The van der Waals surface area contributed by atoms with Gasteiger partial charge in [0.15, 0.2) is 0 Å². The number of piperidine rings is 1. The Morgan fingerprint density at radius 1 is 1.35 bits per heavy atom. The second-order valence-corrected chi connectivity index (χ2v) is 6.68. The van der Waals surface area contributed by atoms with Crippen LogP contribution in [0.5, 0.6) is 5.88 Å². The highest BCUT2D eigenvalue weighted by Gasteiger charge is 2.19. The number of rotatable bonds is 4. The van der Waals surface area contributed by atoms with Crippen LogP contribution in [-0.4, -0.2) is 41.7 Å². The maximum Gasteiger partial charge on any atom is 0.215 e. The first-order valence-corrected chi connectivity index (χ1v) is 7.52. The number of nitrogens with zero attached hydrogens (tertiary/aromatic N) is 2. The fourth-order valence-electron chi connectivity index (χ4n) is 2.49. The van der Waals surface area contributed by atoms with E-state index >= 15 is 0 Å². The molecule has 1 N–H and O–H groups in total. The Morgan fingerprint density at radius 3 is 2.85 bits per heavy atom. The third kappa shape index (κ3) is 4.67. The van der Waals surface area contributed by atoms with Crippen molar-refractivity contribution in [2.45, 2.75) is 51.6 Å². The monoisotopic (exact) mass is 277 g/mol. The van der Waals surface area contributed by atoms with E-state index in [-0.39, 0.29) is 5.54 Å². The lowest BCUT2D eigenvalue weighted by Crippen LogP contribution is -2.40. The molecule has 0 saturated carbocycles. The van der Waals surface area contributed by atoms with E-state index in [1.807, 2.05) is 18.2 Å². The van der Waals surface area contributed by atoms with Gasteiger partial charge < -0.3 is 15.0 Å². The van der Waals surface area contributed by atoms with Crippen molar-refractivity contribution in [2.75, 3.05) is 25.5 Å². The molecule has 0 amide bonds. The van der Waals surface area contributed by atoms with Crippen molar-refractivity contribution in [2.24, 2.45) is 0 Å². The van der Waals surface area contributed by atoms with Crippen molar-refractivity contribution in [1.29, 1.82) is 0 Å². The van der Waals surface area contributed by atoms with Gasteiger partial charge in [0.2, 0.25) is 5.88 Å². The summed E-state index contributed by atoms with van der Waals surface area (Å²) in [7, 11) is 2.18. The van der Waals surface area contributed by atoms with Crippen LogP contribution in [0.15, 0.2) is 18.2 Å². The standard InChI is InChI=1S/C16H27N3O/c1-16(2,3)18-14-9-7-10-15(17-14)20-12-13-8-5-6-11-19(13)4/h7,9-10,13H,5-6,8,11-12H2,1-4H3,(H,17,18). The molecule has 1 aromatic rings. The summed E-state index contributed by atoms with van der Waals surface area (Å²) >= 11 is 0. The van der Waals surface area contributed by atoms with Gasteiger partial charge in [-0.05, 0) is 53.3 Å². The van der Waals surface area contributed by atoms with E-state index in [9.17, 15) is 0 Å². The minimum atomic E-state index is 0.00914. The summed E-state index contributed by atoms with van der Waals surface area (Å²) in [5.41, 5.74) is 0.00914. The van der Waals surface area contributed by atoms with E-state index in [1.165, 1.54) is 25.8 Å². The first-order valence-electron chi connectivity index (χ1n) is 7.52. The second-order valence-electron chi connectivity index (χ2n) is 6.68. The first-order chi connectivity index (χ1) is 9.44. The van der Waals surface area contributed by atoms with Gasteiger partial charge in [-0.25, -0.2) is 0 Å². The van der Waals surface area contributed by atoms with Crippen molar-refractivity contribution >= 4 is 5.82 Å². The molecule has 1 aliphatic heterocycles. The summed E-state index contributed by atoms with van der Waals surface area (Å²) < 4.78 is 5.88. The van der Waals surface area contributed by atoms with E-state index in [2.05, 4.69) is 43.0 Å². The Hall–Kier alpha value is -1.29. The summed E-state index contributed by atoms with van der Waals surface area (Å²) in [5.74, 6) is 1.57. The maximum absolute atomic E-state index is 5.88. The molecule has 112 valence electrons. The summed E-state index contributed by atoms with van der Waals surface area (Å²) in [4.78, 5) is 6.91. The largest absolute Gasteiger partial charge is 0.476 e. The van der Waals surface area contributed by atoms with Gasteiger partial charge in [-0.2, -0.15) is 4.98 Å². The predicted molar refractivity (Wildman–Crippen MR) is 83.4 cm³/mol. The van der Waals surface area contributed by atoms with Crippen molar-refractivity contribution in [3.8, 4) is 5.88 Å². The number of aromatic nitrogens is 1. The fraction of sp³-hybridized carbons (Fsp3) is 0.688. The van der Waals surface area contributed by atoms with Gasteiger partial charge in [0.05, 0.1) is 0 Å². The van der Waals surface area contributed by atoms with Crippen LogP contribution in [0.25, 0.3) is 0 Å². The van der Waals surface area contributed by atoms with Gasteiger partial charge in [0.1, 0.15) is 12.4 Å². The molecule has 1 aromatic heterocycles. The quantitative estimate of drug-likeness (QED) is 0.917. The van der Waals surface area contributed by atoms with Crippen LogP contribution in [0.3, 0.4) is 0 Å². The molecule has 20 heavy (non-hydrogen) atoms. The first kappa shape index (κ1) is 15.1. The zero-order valence-electron chi connectivity index (χ0n) is 13.1. The smallest absolute Gasteiger partial charge is 0.215 e. The minimum absolute atomic E-state index is 0.00914. The predicted octanol–water partition coefficient (Wildman–Crippen LogP) is 3.16. The van der Waals surface area contributed by atoms with E-state index in [4.69, 9.17) is 4.74 Å². The molecule has 0 aromatic carbocycles. The van der Waals surface area contributed by atoms with E-state index in [0.29, 0.717) is 11.9 Å². The highest BCUT2D eigenvalue weighted by molar-refractivity contribution is 5.39. The third-order valence-corrected chi connectivity index (χ3v) is 3.57. The highest BCUT2D eigenvalue weighted by atomic mass is 16.5. The number of pyridine rings is 1. The third-order valence-electron chi connectivity index (χ3n) is 3.57. The lowest BCUT2D eigenvalue weighted by molar-refractivity contribution is 0.122. The van der Waals surface area contributed by atoms with E-state index in [0.717, 1.165) is 12.4 Å². The minimum Gasteiger partial charge on any atom is -0.476 e. The SMILES string of the molecule is CN1CCCCC1COc1cccc(NC(C)(C)C)n1. The summed E-state index contributed by atoms with van der Waals surface area (Å²) in [5, 5.41) is 3.37. The Balaban J connectivity index is 1.91. The van der Waals surface area contributed by atoms with Crippen LogP contribution < -0.4 is 10.1 Å². The fourth-order valence-corrected chi connectivity index (χ4v) is 2.49. The number of nitrogens with one attached hydrogen (secondary N) is 1. The van der Waals surface area contributed by atoms with Crippen LogP contribution in [-0.2, 0) is 0 Å². The van der Waals surface area contributed by atoms with Gasteiger partial charge >= 0.3 is 0 Å². The number of likely N-dealkylation sites (N-methyl/N-ethyl adjacent to an activating group) is 1. The van der Waals surface area contributed by atoms with Gasteiger partial charge in [0, 0.05) is 17.6 Å². The number of hydrogen-bond acceptors (Lipinski definition) is 4.